The number of nitrogens with zero attached hydrogens (tertiary/aromatic N) is 3. The lowest BCUT2D eigenvalue weighted by Gasteiger charge is -2.12. The number of non-ortho nitro benzene ring substituents is 1. The first-order chi connectivity index (χ1) is 13.0. The second-order valence-corrected chi connectivity index (χ2v) is 5.61. The van der Waals surface area contributed by atoms with Crippen molar-refractivity contribution in [1.82, 2.24) is 9.55 Å². The maximum atomic E-state index is 12.5. The molecule has 1 amide bonds. The van der Waals surface area contributed by atoms with E-state index in [4.69, 9.17) is 4.74 Å². The van der Waals surface area contributed by atoms with Gasteiger partial charge in [-0.05, 0) is 25.1 Å². The summed E-state index contributed by atoms with van der Waals surface area (Å²) in [6.07, 6.45) is 1.20. The topological polar surface area (TPSA) is 116 Å². The van der Waals surface area contributed by atoms with E-state index in [2.05, 4.69) is 10.3 Å². The maximum Gasteiger partial charge on any atom is 0.271 e. The molecule has 0 aliphatic heterocycles. The largest absolute Gasteiger partial charge is 0.492 e. The normalized spacial score (nSPS) is 10.6. The van der Waals surface area contributed by atoms with Gasteiger partial charge in [-0.2, -0.15) is 0 Å². The summed E-state index contributed by atoms with van der Waals surface area (Å²) in [7, 11) is 0. The van der Waals surface area contributed by atoms with E-state index >= 15 is 0 Å². The molecule has 9 heteroatoms. The van der Waals surface area contributed by atoms with Crippen molar-refractivity contribution < 1.29 is 14.5 Å². The summed E-state index contributed by atoms with van der Waals surface area (Å²) >= 11 is 0. The first-order valence-electron chi connectivity index (χ1n) is 8.15. The van der Waals surface area contributed by atoms with Gasteiger partial charge in [0, 0.05) is 12.1 Å². The van der Waals surface area contributed by atoms with Crippen LogP contribution >= 0.6 is 0 Å². The van der Waals surface area contributed by atoms with Gasteiger partial charge in [-0.1, -0.05) is 12.1 Å². The smallest absolute Gasteiger partial charge is 0.271 e. The number of aromatic nitrogens is 2. The van der Waals surface area contributed by atoms with Crippen LogP contribution in [-0.2, 0) is 11.3 Å². The average molecular weight is 368 g/mol. The number of amides is 1. The summed E-state index contributed by atoms with van der Waals surface area (Å²) in [5.74, 6) is 0.108. The van der Waals surface area contributed by atoms with Crippen LogP contribution in [0.5, 0.6) is 5.75 Å². The van der Waals surface area contributed by atoms with Gasteiger partial charge in [-0.3, -0.25) is 24.3 Å². The van der Waals surface area contributed by atoms with Crippen LogP contribution in [0.3, 0.4) is 0 Å². The number of para-hydroxylation sites is 2. The van der Waals surface area contributed by atoms with E-state index in [1.807, 2.05) is 6.92 Å². The highest BCUT2D eigenvalue weighted by atomic mass is 16.6. The number of nitrogens with one attached hydrogen (secondary N) is 1. The fourth-order valence-electron chi connectivity index (χ4n) is 2.57. The Morgan fingerprint density at radius 1 is 1.30 bits per heavy atom. The van der Waals surface area contributed by atoms with Crippen LogP contribution in [-0.4, -0.2) is 27.0 Å². The van der Waals surface area contributed by atoms with Crippen molar-refractivity contribution in [2.45, 2.75) is 13.5 Å². The lowest BCUT2D eigenvalue weighted by molar-refractivity contribution is -0.384. The summed E-state index contributed by atoms with van der Waals surface area (Å²) in [4.78, 5) is 39.1. The van der Waals surface area contributed by atoms with E-state index < -0.39 is 16.4 Å². The Bertz CT molecular complexity index is 1080. The minimum Gasteiger partial charge on any atom is -0.492 e. The van der Waals surface area contributed by atoms with Gasteiger partial charge in [0.15, 0.2) is 0 Å². The predicted molar refractivity (Wildman–Crippen MR) is 98.9 cm³/mol. The Morgan fingerprint density at radius 2 is 2.07 bits per heavy atom. The van der Waals surface area contributed by atoms with E-state index in [9.17, 15) is 19.7 Å². The number of ether oxygens (including phenoxy) is 1. The number of anilines is 1. The Morgan fingerprint density at radius 3 is 2.81 bits per heavy atom. The predicted octanol–water partition coefficient (Wildman–Crippen LogP) is 2.34. The van der Waals surface area contributed by atoms with Crippen LogP contribution in [0.4, 0.5) is 11.4 Å². The van der Waals surface area contributed by atoms with Crippen molar-refractivity contribution in [2.24, 2.45) is 0 Å². The number of nitro benzene ring substituents is 1. The van der Waals surface area contributed by atoms with Crippen molar-refractivity contribution in [2.75, 3.05) is 11.9 Å². The first-order valence-corrected chi connectivity index (χ1v) is 8.15. The Kier molecular flexibility index (Phi) is 5.11. The number of carbonyl (C=O) groups excluding carboxylic acids is 1. The highest BCUT2D eigenvalue weighted by Gasteiger charge is 2.13. The van der Waals surface area contributed by atoms with Crippen LogP contribution in [0.25, 0.3) is 10.9 Å². The molecule has 1 N–H and O–H groups in total. The van der Waals surface area contributed by atoms with Gasteiger partial charge < -0.3 is 10.1 Å². The van der Waals surface area contributed by atoms with Crippen molar-refractivity contribution in [3.05, 3.63) is 69.3 Å². The Labute approximate surface area is 153 Å². The molecule has 1 heterocycles. The van der Waals surface area contributed by atoms with Gasteiger partial charge in [-0.15, -0.1) is 0 Å². The third-order valence-electron chi connectivity index (χ3n) is 3.79. The van der Waals surface area contributed by atoms with Crippen molar-refractivity contribution >= 4 is 28.2 Å². The summed E-state index contributed by atoms with van der Waals surface area (Å²) < 4.78 is 6.59. The molecule has 3 rings (SSSR count). The fourth-order valence-corrected chi connectivity index (χ4v) is 2.57. The second kappa shape index (κ2) is 7.65. The third kappa shape index (κ3) is 3.92. The molecule has 27 heavy (non-hydrogen) atoms. The molecule has 0 aliphatic rings. The molecule has 0 saturated heterocycles. The third-order valence-corrected chi connectivity index (χ3v) is 3.79. The lowest BCUT2D eigenvalue weighted by Crippen LogP contribution is -2.28. The van der Waals surface area contributed by atoms with Crippen molar-refractivity contribution in [1.29, 1.82) is 0 Å². The Hall–Kier alpha value is -3.75. The highest BCUT2D eigenvalue weighted by molar-refractivity contribution is 5.92. The molecular formula is C18H16N4O5. The number of hydrogen-bond acceptors (Lipinski definition) is 6. The van der Waals surface area contributed by atoms with E-state index in [1.165, 1.54) is 24.5 Å². The summed E-state index contributed by atoms with van der Waals surface area (Å²) in [5.41, 5.74) is 0.0925. The summed E-state index contributed by atoms with van der Waals surface area (Å²) in [6, 6.07) is 10.8. The van der Waals surface area contributed by atoms with Crippen LogP contribution in [0.1, 0.15) is 6.92 Å². The molecule has 2 aromatic carbocycles. The zero-order chi connectivity index (χ0) is 19.4. The zero-order valence-corrected chi connectivity index (χ0v) is 14.4. The molecule has 0 unspecified atom stereocenters. The van der Waals surface area contributed by atoms with Gasteiger partial charge in [0.05, 0.1) is 34.4 Å². The van der Waals surface area contributed by atoms with Gasteiger partial charge in [-0.25, -0.2) is 4.98 Å². The quantitative estimate of drug-likeness (QED) is 0.527. The van der Waals surface area contributed by atoms with Crippen LogP contribution in [0.2, 0.25) is 0 Å². The molecule has 0 spiro atoms. The van der Waals surface area contributed by atoms with E-state index in [1.54, 1.807) is 24.3 Å². The number of rotatable bonds is 6. The minimum absolute atomic E-state index is 0.155. The number of fused-ring (bicyclic) bond motifs is 1. The van der Waals surface area contributed by atoms with E-state index in [0.717, 1.165) is 4.57 Å². The molecule has 9 nitrogen and oxygen atoms in total. The van der Waals surface area contributed by atoms with Crippen LogP contribution < -0.4 is 15.6 Å². The van der Waals surface area contributed by atoms with E-state index in [0.29, 0.717) is 18.0 Å². The first kappa shape index (κ1) is 18.1. The minimum atomic E-state index is -0.560. The zero-order valence-electron chi connectivity index (χ0n) is 14.4. The van der Waals surface area contributed by atoms with E-state index in [-0.39, 0.29) is 23.1 Å². The number of benzene rings is 2. The maximum absolute atomic E-state index is 12.5. The standard InChI is InChI=1S/C18H16N4O5/c1-2-27-16-6-4-3-5-14(16)20-17(23)10-21-11-19-15-9-12(22(25)26)7-8-13(15)18(21)24/h3-9,11H,2,10H2,1H3,(H,20,23). The van der Waals surface area contributed by atoms with Crippen molar-refractivity contribution in [3.8, 4) is 5.75 Å². The molecule has 0 bridgehead atoms. The molecular weight excluding hydrogens is 352 g/mol. The van der Waals surface area contributed by atoms with Crippen molar-refractivity contribution in [3.63, 3.8) is 0 Å². The molecule has 0 radical (unpaired) electrons. The number of nitro groups is 1. The molecule has 1 aromatic heterocycles. The molecule has 138 valence electrons. The monoisotopic (exact) mass is 368 g/mol. The highest BCUT2D eigenvalue weighted by Crippen LogP contribution is 2.23. The van der Waals surface area contributed by atoms with Gasteiger partial charge in [0.1, 0.15) is 12.3 Å². The van der Waals surface area contributed by atoms with Gasteiger partial charge >= 0.3 is 0 Å². The molecule has 0 fully saturated rings. The second-order valence-electron chi connectivity index (χ2n) is 5.61. The number of hydrogen-bond donors (Lipinski definition) is 1. The van der Waals surface area contributed by atoms with Crippen LogP contribution in [0, 0.1) is 10.1 Å². The fraction of sp³-hybridized carbons (Fsp3) is 0.167. The molecule has 0 atom stereocenters. The van der Waals surface area contributed by atoms with Crippen LogP contribution in [0.15, 0.2) is 53.6 Å². The molecule has 0 saturated carbocycles. The number of carbonyl (C=O) groups is 1. The SMILES string of the molecule is CCOc1ccccc1NC(=O)Cn1cnc2cc([N+](=O)[O-])ccc2c1=O. The molecule has 0 aliphatic carbocycles. The summed E-state index contributed by atoms with van der Waals surface area (Å²) in [5, 5.41) is 13.7. The molecule has 3 aromatic rings. The lowest BCUT2D eigenvalue weighted by atomic mass is 10.2. The van der Waals surface area contributed by atoms with Gasteiger partial charge in [0.25, 0.3) is 11.2 Å². The average Bonchev–Trinajstić information content (AvgIpc) is 2.65. The Balaban J connectivity index is 1.83. The van der Waals surface area contributed by atoms with Gasteiger partial charge in [0.2, 0.25) is 5.91 Å². The summed E-state index contributed by atoms with van der Waals surface area (Å²) in [6.45, 7) is 2.04.